The number of carbonyl (C=O) groups excluding carboxylic acids is 1. The molecule has 0 heterocycles. The molecule has 0 bridgehead atoms. The molecule has 1 aromatic carbocycles. The van der Waals surface area contributed by atoms with Crippen LogP contribution in [0.1, 0.15) is 32.6 Å². The molecule has 1 amide bonds. The van der Waals surface area contributed by atoms with Crippen molar-refractivity contribution < 1.29 is 25.9 Å². The Morgan fingerprint density at radius 2 is 1.60 bits per heavy atom. The third-order valence-electron chi connectivity index (χ3n) is 2.83. The van der Waals surface area contributed by atoms with Crippen LogP contribution in [0.25, 0.3) is 0 Å². The second kappa shape index (κ2) is 5.46. The van der Waals surface area contributed by atoms with E-state index in [2.05, 4.69) is 18.3 Å². The molecule has 1 aromatic rings. The topological polar surface area (TPSA) is 29.1 Å². The van der Waals surface area contributed by atoms with Gasteiger partial charge in [0.15, 0.2) is 5.91 Å². The van der Waals surface area contributed by atoms with Crippen molar-refractivity contribution in [2.45, 2.75) is 27.7 Å². The zero-order valence-electron chi connectivity index (χ0n) is 9.82. The van der Waals surface area contributed by atoms with Crippen LogP contribution in [0.3, 0.4) is 0 Å². The van der Waals surface area contributed by atoms with Crippen LogP contribution in [0, 0.1) is 33.8 Å². The van der Waals surface area contributed by atoms with Crippen LogP contribution < -0.4 is 5.32 Å². The van der Waals surface area contributed by atoms with Gasteiger partial charge in [0.25, 0.3) is 0 Å². The molecule has 0 aromatic heterocycles. The first-order valence-electron chi connectivity index (χ1n) is 4.70. The van der Waals surface area contributed by atoms with Gasteiger partial charge in [-0.15, -0.1) is 28.3 Å². The van der Waals surface area contributed by atoms with Gasteiger partial charge in [-0.3, -0.25) is 0 Å². The van der Waals surface area contributed by atoms with E-state index in [1.165, 1.54) is 11.1 Å². The van der Waals surface area contributed by atoms with Gasteiger partial charge in [-0.1, -0.05) is 33.3 Å². The van der Waals surface area contributed by atoms with Gasteiger partial charge in [-0.05, 0) is 7.05 Å². The molecule has 3 heteroatoms. The Balaban J connectivity index is 0.00000196. The summed E-state index contributed by atoms with van der Waals surface area (Å²) in [7, 11) is 1.64. The Hall–Kier alpha value is -0.622. The maximum Gasteiger partial charge on any atom is 0.165 e. The minimum absolute atomic E-state index is 0. The number of hydrogen-bond acceptors (Lipinski definition) is 1. The predicted molar refractivity (Wildman–Crippen MR) is 57.6 cm³/mol. The van der Waals surface area contributed by atoms with Crippen LogP contribution in [-0.4, -0.2) is 13.0 Å². The molecule has 0 fully saturated rings. The largest absolute Gasteiger partial charge is 0.394 e. The summed E-state index contributed by atoms with van der Waals surface area (Å²) in [6.07, 6.45) is 0. The molecule has 0 saturated heterocycles. The van der Waals surface area contributed by atoms with E-state index in [0.717, 1.165) is 11.1 Å². The van der Waals surface area contributed by atoms with Crippen molar-refractivity contribution >= 4 is 5.91 Å². The average Bonchev–Trinajstić information content (AvgIpc) is 2.19. The number of nitrogens with one attached hydrogen (secondary N) is 1. The van der Waals surface area contributed by atoms with Crippen molar-refractivity contribution in [1.82, 2.24) is 5.32 Å². The Morgan fingerprint density at radius 3 is 2.07 bits per heavy atom. The quantitative estimate of drug-likeness (QED) is 0.750. The van der Waals surface area contributed by atoms with E-state index in [9.17, 15) is 4.79 Å². The van der Waals surface area contributed by atoms with Gasteiger partial charge in [0, 0.05) is 21.1 Å². The second-order valence-corrected chi connectivity index (χ2v) is 3.58. The summed E-state index contributed by atoms with van der Waals surface area (Å²) in [5.41, 5.74) is 5.13. The average molecular weight is 374 g/mol. The third-order valence-corrected chi connectivity index (χ3v) is 2.83. The molecule has 1 N–H and O–H groups in total. The van der Waals surface area contributed by atoms with Gasteiger partial charge < -0.3 is 10.1 Å². The SMILES string of the molecule is CNC(=O)c1[c-]c(C)c(C)c(C)c1C.[W]. The summed E-state index contributed by atoms with van der Waals surface area (Å²) in [5, 5.41) is 2.63. The number of rotatable bonds is 1. The zero-order chi connectivity index (χ0) is 10.9. The first kappa shape index (κ1) is 14.4. The summed E-state index contributed by atoms with van der Waals surface area (Å²) in [4.78, 5) is 11.5. The van der Waals surface area contributed by atoms with Crippen LogP contribution in [-0.2, 0) is 21.1 Å². The van der Waals surface area contributed by atoms with Gasteiger partial charge in [-0.2, -0.15) is 0 Å². The molecule has 0 aliphatic heterocycles. The normalized spacial score (nSPS) is 9.40. The molecular weight excluding hydrogens is 358 g/mol. The van der Waals surface area contributed by atoms with Crippen LogP contribution >= 0.6 is 0 Å². The van der Waals surface area contributed by atoms with Crippen molar-refractivity contribution in [1.29, 1.82) is 0 Å². The monoisotopic (exact) mass is 374 g/mol. The van der Waals surface area contributed by atoms with E-state index in [0.29, 0.717) is 5.56 Å². The molecule has 0 aliphatic carbocycles. The number of benzene rings is 1. The molecule has 82 valence electrons. The third kappa shape index (κ3) is 2.69. The summed E-state index contributed by atoms with van der Waals surface area (Å²) in [6, 6.07) is 3.12. The first-order chi connectivity index (χ1) is 6.49. The molecule has 0 radical (unpaired) electrons. The Kier molecular flexibility index (Phi) is 5.23. The maximum atomic E-state index is 11.5. The van der Waals surface area contributed by atoms with E-state index < -0.39 is 0 Å². The minimum atomic E-state index is -0.0614. The number of hydrogen-bond donors (Lipinski definition) is 1. The van der Waals surface area contributed by atoms with Gasteiger partial charge in [-0.25, -0.2) is 0 Å². The molecule has 0 unspecified atom stereocenters. The Bertz CT molecular complexity index is 386. The Morgan fingerprint density at radius 1 is 1.07 bits per heavy atom. The smallest absolute Gasteiger partial charge is 0.165 e. The number of aryl methyl sites for hydroxylation is 1. The van der Waals surface area contributed by atoms with Crippen molar-refractivity contribution in [3.63, 3.8) is 0 Å². The van der Waals surface area contributed by atoms with Crippen molar-refractivity contribution in [3.05, 3.63) is 33.9 Å². The molecule has 15 heavy (non-hydrogen) atoms. The van der Waals surface area contributed by atoms with E-state index in [-0.39, 0.29) is 27.0 Å². The zero-order valence-corrected chi connectivity index (χ0v) is 12.7. The van der Waals surface area contributed by atoms with Crippen LogP contribution in [0.15, 0.2) is 0 Å². The molecule has 2 nitrogen and oxygen atoms in total. The minimum Gasteiger partial charge on any atom is -0.394 e. The Labute approximate surface area is 106 Å². The van der Waals surface area contributed by atoms with Crippen LogP contribution in [0.4, 0.5) is 0 Å². The summed E-state index contributed by atoms with van der Waals surface area (Å²) < 4.78 is 0. The molecule has 1 rings (SSSR count). The second-order valence-electron chi connectivity index (χ2n) is 3.58. The summed E-state index contributed by atoms with van der Waals surface area (Å²) >= 11 is 0. The van der Waals surface area contributed by atoms with E-state index in [1.54, 1.807) is 7.05 Å². The fraction of sp³-hybridized carbons (Fsp3) is 0.417. The van der Waals surface area contributed by atoms with Crippen molar-refractivity contribution in [2.75, 3.05) is 7.05 Å². The molecule has 0 atom stereocenters. The fourth-order valence-corrected chi connectivity index (χ4v) is 1.48. The van der Waals surface area contributed by atoms with Gasteiger partial charge >= 0.3 is 0 Å². The van der Waals surface area contributed by atoms with Crippen molar-refractivity contribution in [3.8, 4) is 0 Å². The van der Waals surface area contributed by atoms with Crippen LogP contribution in [0.2, 0.25) is 0 Å². The van der Waals surface area contributed by atoms with Crippen LogP contribution in [0.5, 0.6) is 0 Å². The van der Waals surface area contributed by atoms with E-state index in [4.69, 9.17) is 0 Å². The number of amides is 1. The maximum absolute atomic E-state index is 11.5. The molecular formula is C12H16NOW-. The van der Waals surface area contributed by atoms with E-state index >= 15 is 0 Å². The predicted octanol–water partition coefficient (Wildman–Crippen LogP) is 2.08. The fourth-order valence-electron chi connectivity index (χ4n) is 1.48. The molecule has 0 saturated carbocycles. The number of carbonyl (C=O) groups is 1. The first-order valence-corrected chi connectivity index (χ1v) is 4.70. The summed E-state index contributed by atoms with van der Waals surface area (Å²) in [5.74, 6) is -0.0614. The summed E-state index contributed by atoms with van der Waals surface area (Å²) in [6.45, 7) is 8.04. The van der Waals surface area contributed by atoms with E-state index in [1.807, 2.05) is 20.8 Å². The van der Waals surface area contributed by atoms with Gasteiger partial charge in [0.2, 0.25) is 0 Å². The molecule has 0 spiro atoms. The van der Waals surface area contributed by atoms with Crippen molar-refractivity contribution in [2.24, 2.45) is 0 Å². The van der Waals surface area contributed by atoms with Gasteiger partial charge in [0.1, 0.15) is 0 Å². The molecule has 0 aliphatic rings. The standard InChI is InChI=1S/C12H16NO.W/c1-7-6-11(12(14)13-5)10(4)9(3)8(7)2;/h1-5H3,(H,13,14);/q-1;. The van der Waals surface area contributed by atoms with Gasteiger partial charge in [0.05, 0.1) is 0 Å².